The van der Waals surface area contributed by atoms with Crippen molar-refractivity contribution in [2.45, 2.75) is 32.6 Å². The number of aromatic hydroxyl groups is 1. The lowest BCUT2D eigenvalue weighted by Crippen LogP contribution is -2.35. The average Bonchev–Trinajstić information content (AvgIpc) is 2.76. The molecule has 1 unspecified atom stereocenters. The van der Waals surface area contributed by atoms with Crippen LogP contribution >= 0.6 is 0 Å². The van der Waals surface area contributed by atoms with Crippen LogP contribution in [0.3, 0.4) is 0 Å². The van der Waals surface area contributed by atoms with Gasteiger partial charge in [-0.15, -0.1) is 0 Å². The predicted octanol–water partition coefficient (Wildman–Crippen LogP) is 4.14. The summed E-state index contributed by atoms with van der Waals surface area (Å²) in [5, 5.41) is 16.0. The predicted molar refractivity (Wildman–Crippen MR) is 117 cm³/mol. The second-order valence-corrected chi connectivity index (χ2v) is 7.65. The number of aryl methyl sites for hydroxylation is 1. The molecule has 2 aromatic carbocycles. The van der Waals surface area contributed by atoms with Gasteiger partial charge in [-0.2, -0.15) is 5.10 Å². The van der Waals surface area contributed by atoms with Crippen LogP contribution in [0.25, 0.3) is 0 Å². The number of rotatable bonds is 8. The van der Waals surface area contributed by atoms with E-state index in [0.717, 1.165) is 17.3 Å². The topological polar surface area (TPSA) is 86.3 Å². The molecule has 3 aromatic rings. The summed E-state index contributed by atoms with van der Waals surface area (Å²) in [6.07, 6.45) is 1.97. The van der Waals surface area contributed by atoms with E-state index in [1.165, 1.54) is 29.2 Å². The smallest absolute Gasteiger partial charge is 0.275 e. The van der Waals surface area contributed by atoms with E-state index in [4.69, 9.17) is 0 Å². The highest BCUT2D eigenvalue weighted by molar-refractivity contribution is 5.94. The van der Waals surface area contributed by atoms with E-state index in [9.17, 15) is 23.5 Å². The van der Waals surface area contributed by atoms with Gasteiger partial charge in [-0.3, -0.25) is 14.7 Å². The van der Waals surface area contributed by atoms with Crippen molar-refractivity contribution in [1.29, 1.82) is 0 Å². The zero-order valence-corrected chi connectivity index (χ0v) is 17.9. The molecule has 168 valence electrons. The molecule has 0 aliphatic heterocycles. The maximum Gasteiger partial charge on any atom is 0.275 e. The Morgan fingerprint density at radius 3 is 2.59 bits per heavy atom. The van der Waals surface area contributed by atoms with Gasteiger partial charge in [0.1, 0.15) is 11.6 Å². The van der Waals surface area contributed by atoms with Crippen molar-refractivity contribution in [3.05, 3.63) is 92.9 Å². The SMILES string of the molecule is CCCN(CCC(c1cccc(F)c1)c1ccc(F)cc1C)C(=O)c1[nH]ncc(=O)c1O. The molecule has 1 atom stereocenters. The van der Waals surface area contributed by atoms with Crippen LogP contribution in [-0.4, -0.2) is 39.2 Å². The largest absolute Gasteiger partial charge is 0.502 e. The molecule has 1 amide bonds. The highest BCUT2D eigenvalue weighted by atomic mass is 19.1. The fraction of sp³-hybridized carbons (Fsp3) is 0.292. The van der Waals surface area contributed by atoms with Crippen molar-refractivity contribution < 1.29 is 18.7 Å². The Labute approximate surface area is 184 Å². The van der Waals surface area contributed by atoms with Gasteiger partial charge >= 0.3 is 0 Å². The molecule has 0 saturated heterocycles. The minimum absolute atomic E-state index is 0.265. The molecule has 0 radical (unpaired) electrons. The first-order valence-corrected chi connectivity index (χ1v) is 10.4. The van der Waals surface area contributed by atoms with Gasteiger partial charge in [0.25, 0.3) is 5.91 Å². The Balaban J connectivity index is 1.93. The van der Waals surface area contributed by atoms with Crippen LogP contribution < -0.4 is 5.43 Å². The van der Waals surface area contributed by atoms with Crippen LogP contribution in [0, 0.1) is 18.6 Å². The standard InChI is InChI=1S/C24H25F2N3O3/c1-3-10-29(24(32)22-23(31)21(30)14-27-28-22)11-9-20(16-5-4-6-17(25)13-16)19-8-7-18(26)12-15(19)2/h4-8,12-14,20H,3,9-11H2,1-2H3,(H,27,31)(H,28,30). The van der Waals surface area contributed by atoms with Gasteiger partial charge in [0.2, 0.25) is 5.43 Å². The normalized spacial score (nSPS) is 11.9. The van der Waals surface area contributed by atoms with E-state index in [1.54, 1.807) is 25.1 Å². The van der Waals surface area contributed by atoms with Crippen molar-refractivity contribution in [2.24, 2.45) is 0 Å². The van der Waals surface area contributed by atoms with Gasteiger partial charge in [0.15, 0.2) is 11.4 Å². The van der Waals surface area contributed by atoms with Crippen LogP contribution in [0.15, 0.2) is 53.5 Å². The molecule has 1 heterocycles. The lowest BCUT2D eigenvalue weighted by Gasteiger charge is -2.26. The molecule has 0 saturated carbocycles. The van der Waals surface area contributed by atoms with Gasteiger partial charge in [0, 0.05) is 19.0 Å². The monoisotopic (exact) mass is 441 g/mol. The van der Waals surface area contributed by atoms with Crippen molar-refractivity contribution in [2.75, 3.05) is 13.1 Å². The van der Waals surface area contributed by atoms with E-state index in [-0.39, 0.29) is 29.8 Å². The summed E-state index contributed by atoms with van der Waals surface area (Å²) in [7, 11) is 0. The van der Waals surface area contributed by atoms with Gasteiger partial charge in [0.05, 0.1) is 6.20 Å². The lowest BCUT2D eigenvalue weighted by atomic mass is 9.85. The Bertz CT molecular complexity index is 1160. The highest BCUT2D eigenvalue weighted by Gasteiger charge is 2.24. The number of hydrogen-bond donors (Lipinski definition) is 2. The van der Waals surface area contributed by atoms with E-state index in [0.29, 0.717) is 24.9 Å². The first-order chi connectivity index (χ1) is 15.3. The molecule has 0 aliphatic carbocycles. The third kappa shape index (κ3) is 5.19. The summed E-state index contributed by atoms with van der Waals surface area (Å²) in [5.41, 5.74) is 1.25. The number of carbonyl (C=O) groups excluding carboxylic acids is 1. The number of nitrogens with zero attached hydrogens (tertiary/aromatic N) is 2. The van der Waals surface area contributed by atoms with Gasteiger partial charge in [-0.25, -0.2) is 8.78 Å². The van der Waals surface area contributed by atoms with E-state index in [1.807, 2.05) is 6.92 Å². The number of aromatic nitrogens is 2. The number of amides is 1. The maximum absolute atomic E-state index is 14.0. The molecule has 0 bridgehead atoms. The Morgan fingerprint density at radius 2 is 1.91 bits per heavy atom. The van der Waals surface area contributed by atoms with E-state index in [2.05, 4.69) is 10.2 Å². The highest BCUT2D eigenvalue weighted by Crippen LogP contribution is 2.31. The number of H-pyrrole nitrogens is 1. The second kappa shape index (κ2) is 10.2. The van der Waals surface area contributed by atoms with Gasteiger partial charge in [-0.1, -0.05) is 25.1 Å². The van der Waals surface area contributed by atoms with Gasteiger partial charge < -0.3 is 10.0 Å². The van der Waals surface area contributed by atoms with Crippen LogP contribution in [0.4, 0.5) is 8.78 Å². The van der Waals surface area contributed by atoms with Gasteiger partial charge in [-0.05, 0) is 60.7 Å². The molecule has 2 N–H and O–H groups in total. The molecule has 0 spiro atoms. The summed E-state index contributed by atoms with van der Waals surface area (Å²) in [4.78, 5) is 26.2. The van der Waals surface area contributed by atoms with Crippen molar-refractivity contribution in [1.82, 2.24) is 15.1 Å². The fourth-order valence-electron chi connectivity index (χ4n) is 3.82. The minimum atomic E-state index is -0.747. The Hall–Kier alpha value is -3.55. The molecular formula is C24H25F2N3O3. The average molecular weight is 441 g/mol. The molecule has 3 rings (SSSR count). The van der Waals surface area contributed by atoms with Crippen LogP contribution in [0.1, 0.15) is 52.9 Å². The number of aromatic amines is 1. The number of nitrogens with one attached hydrogen (secondary N) is 1. The molecule has 0 fully saturated rings. The third-order valence-electron chi connectivity index (χ3n) is 5.37. The first kappa shape index (κ1) is 23.1. The molecule has 8 heteroatoms. The quantitative estimate of drug-likeness (QED) is 0.550. The molecule has 0 aliphatic rings. The zero-order valence-electron chi connectivity index (χ0n) is 17.9. The summed E-state index contributed by atoms with van der Waals surface area (Å²) in [6.45, 7) is 4.34. The van der Waals surface area contributed by atoms with Crippen molar-refractivity contribution in [3.63, 3.8) is 0 Å². The number of benzene rings is 2. The van der Waals surface area contributed by atoms with Crippen molar-refractivity contribution >= 4 is 5.91 Å². The second-order valence-electron chi connectivity index (χ2n) is 7.65. The number of hydrogen-bond acceptors (Lipinski definition) is 4. The summed E-state index contributed by atoms with van der Waals surface area (Å²) in [5.74, 6) is -2.26. The third-order valence-corrected chi connectivity index (χ3v) is 5.37. The molecule has 6 nitrogen and oxygen atoms in total. The zero-order chi connectivity index (χ0) is 23.3. The minimum Gasteiger partial charge on any atom is -0.502 e. The maximum atomic E-state index is 14.0. The van der Waals surface area contributed by atoms with E-state index >= 15 is 0 Å². The number of halogens is 2. The Morgan fingerprint density at radius 1 is 1.16 bits per heavy atom. The Kier molecular flexibility index (Phi) is 7.35. The summed E-state index contributed by atoms with van der Waals surface area (Å²) < 4.78 is 27.7. The molecule has 1 aromatic heterocycles. The van der Waals surface area contributed by atoms with Crippen molar-refractivity contribution in [3.8, 4) is 5.75 Å². The summed E-state index contributed by atoms with van der Waals surface area (Å²) in [6, 6.07) is 10.7. The van der Waals surface area contributed by atoms with Crippen LogP contribution in [0.5, 0.6) is 5.75 Å². The summed E-state index contributed by atoms with van der Waals surface area (Å²) >= 11 is 0. The first-order valence-electron chi connectivity index (χ1n) is 10.4. The number of carbonyl (C=O) groups is 1. The van der Waals surface area contributed by atoms with Crippen LogP contribution in [0.2, 0.25) is 0 Å². The molecular weight excluding hydrogens is 416 g/mol. The lowest BCUT2D eigenvalue weighted by molar-refractivity contribution is 0.0741. The fourth-order valence-corrected chi connectivity index (χ4v) is 3.82. The van der Waals surface area contributed by atoms with E-state index < -0.39 is 17.1 Å². The van der Waals surface area contributed by atoms with Crippen LogP contribution in [-0.2, 0) is 0 Å². The molecule has 32 heavy (non-hydrogen) atoms.